The third kappa shape index (κ3) is 3.45. The molecule has 0 aliphatic rings. The zero-order valence-electron chi connectivity index (χ0n) is 14.9. The number of benzene rings is 2. The van der Waals surface area contributed by atoms with E-state index in [-0.39, 0.29) is 0 Å². The van der Waals surface area contributed by atoms with Gasteiger partial charge in [-0.2, -0.15) is 4.37 Å². The van der Waals surface area contributed by atoms with Gasteiger partial charge in [0.2, 0.25) is 5.75 Å². The van der Waals surface area contributed by atoms with Crippen molar-refractivity contribution in [2.75, 3.05) is 28.4 Å². The summed E-state index contributed by atoms with van der Waals surface area (Å²) in [5.41, 5.74) is 2.80. The average Bonchev–Trinajstić information content (AvgIpc) is 3.16. The molecule has 0 aliphatic heterocycles. The van der Waals surface area contributed by atoms with Crippen molar-refractivity contribution >= 4 is 24.2 Å². The molecule has 0 radical (unpaired) electrons. The van der Waals surface area contributed by atoms with Crippen molar-refractivity contribution in [2.45, 2.75) is 4.90 Å². The number of hydrogen-bond acceptors (Lipinski definition) is 7. The first-order valence-corrected chi connectivity index (χ1v) is 8.97. The second kappa shape index (κ2) is 7.88. The number of hydrogen-bond donors (Lipinski definition) is 1. The summed E-state index contributed by atoms with van der Waals surface area (Å²) < 4.78 is 26.1. The van der Waals surface area contributed by atoms with E-state index < -0.39 is 0 Å². The Morgan fingerprint density at radius 2 is 1.42 bits per heavy atom. The second-order valence-electron chi connectivity index (χ2n) is 5.38. The Balaban J connectivity index is 2.01. The van der Waals surface area contributed by atoms with E-state index in [9.17, 15) is 0 Å². The Morgan fingerprint density at radius 3 is 1.96 bits per heavy atom. The van der Waals surface area contributed by atoms with Crippen molar-refractivity contribution < 1.29 is 18.9 Å². The van der Waals surface area contributed by atoms with Gasteiger partial charge in [0, 0.05) is 16.0 Å². The Hall–Kier alpha value is -2.38. The topological polar surface area (TPSA) is 49.8 Å². The van der Waals surface area contributed by atoms with Crippen LogP contribution in [-0.4, -0.2) is 32.8 Å². The van der Waals surface area contributed by atoms with Gasteiger partial charge < -0.3 is 18.9 Å². The van der Waals surface area contributed by atoms with Crippen molar-refractivity contribution in [3.63, 3.8) is 0 Å². The predicted molar refractivity (Wildman–Crippen MR) is 106 cm³/mol. The first-order chi connectivity index (χ1) is 12.6. The summed E-state index contributed by atoms with van der Waals surface area (Å²) in [5.74, 6) is 2.52. The third-order valence-corrected chi connectivity index (χ3v) is 5.12. The molecule has 0 atom stereocenters. The molecule has 5 nitrogen and oxygen atoms in total. The van der Waals surface area contributed by atoms with Crippen LogP contribution >= 0.6 is 24.2 Å². The number of rotatable bonds is 6. The van der Waals surface area contributed by atoms with Crippen LogP contribution in [0.15, 0.2) is 41.3 Å². The van der Waals surface area contributed by atoms with Crippen LogP contribution in [0.4, 0.5) is 0 Å². The lowest BCUT2D eigenvalue weighted by molar-refractivity contribution is 0.324. The lowest BCUT2D eigenvalue weighted by Gasteiger charge is -2.13. The molecule has 0 unspecified atom stereocenters. The number of nitrogens with zero attached hydrogens (tertiary/aromatic N) is 1. The molecule has 0 fully saturated rings. The quantitative estimate of drug-likeness (QED) is 0.614. The fourth-order valence-corrected chi connectivity index (χ4v) is 3.67. The van der Waals surface area contributed by atoms with Crippen LogP contribution in [0.3, 0.4) is 0 Å². The van der Waals surface area contributed by atoms with E-state index in [1.54, 1.807) is 28.4 Å². The molecule has 1 heterocycles. The molecule has 7 heteroatoms. The normalized spacial score (nSPS) is 10.5. The third-order valence-electron chi connectivity index (χ3n) is 3.93. The molecule has 0 spiro atoms. The Morgan fingerprint density at radius 1 is 0.769 bits per heavy atom. The maximum atomic E-state index is 5.43. The van der Waals surface area contributed by atoms with Gasteiger partial charge in [0.05, 0.1) is 39.0 Å². The van der Waals surface area contributed by atoms with E-state index >= 15 is 0 Å². The van der Waals surface area contributed by atoms with Gasteiger partial charge in [0.1, 0.15) is 5.75 Å². The number of thiol groups is 1. The largest absolute Gasteiger partial charge is 0.496 e. The number of methoxy groups -OCH3 is 4. The maximum absolute atomic E-state index is 5.43. The summed E-state index contributed by atoms with van der Waals surface area (Å²) in [6.07, 6.45) is 0. The average molecular weight is 389 g/mol. The van der Waals surface area contributed by atoms with Crippen LogP contribution in [0, 0.1) is 0 Å². The van der Waals surface area contributed by atoms with Gasteiger partial charge in [0.25, 0.3) is 0 Å². The molecule has 0 saturated heterocycles. The van der Waals surface area contributed by atoms with Crippen LogP contribution in [0.5, 0.6) is 23.0 Å². The van der Waals surface area contributed by atoms with Gasteiger partial charge in [-0.3, -0.25) is 0 Å². The van der Waals surface area contributed by atoms with Crippen LogP contribution < -0.4 is 18.9 Å². The molecule has 3 aromatic rings. The van der Waals surface area contributed by atoms with Gasteiger partial charge in [-0.25, -0.2) is 0 Å². The molecular weight excluding hydrogens is 370 g/mol. The van der Waals surface area contributed by atoms with Crippen LogP contribution in [0.2, 0.25) is 0 Å². The van der Waals surface area contributed by atoms with Crippen LogP contribution in [-0.2, 0) is 0 Å². The molecule has 0 bridgehead atoms. The SMILES string of the molecule is COc1ccc(-c2cc(-c3cc(OC)c(OC)c(OC)c3)sn2)cc1S. The lowest BCUT2D eigenvalue weighted by Crippen LogP contribution is -1.95. The van der Waals surface area contributed by atoms with E-state index in [2.05, 4.69) is 17.0 Å². The molecule has 0 saturated carbocycles. The molecule has 0 N–H and O–H groups in total. The summed E-state index contributed by atoms with van der Waals surface area (Å²) in [4.78, 5) is 1.77. The first-order valence-electron chi connectivity index (χ1n) is 7.75. The molecule has 136 valence electrons. The van der Waals surface area contributed by atoms with Gasteiger partial charge in [-0.1, -0.05) is 0 Å². The molecule has 0 aliphatic carbocycles. The molecular formula is C19H19NO4S2. The van der Waals surface area contributed by atoms with Crippen LogP contribution in [0.25, 0.3) is 21.7 Å². The standard InChI is InChI=1S/C19H19NO4S2/c1-21-14-6-5-11(9-17(14)25)13-10-18(26-20-13)12-7-15(22-2)19(24-4)16(8-12)23-3/h5-10,25H,1-4H3. The molecule has 3 rings (SSSR count). The highest BCUT2D eigenvalue weighted by Gasteiger charge is 2.16. The van der Waals surface area contributed by atoms with Gasteiger partial charge in [0.15, 0.2) is 11.5 Å². The summed E-state index contributed by atoms with van der Waals surface area (Å²) >= 11 is 5.86. The van der Waals surface area contributed by atoms with Crippen LogP contribution in [0.1, 0.15) is 0 Å². The maximum Gasteiger partial charge on any atom is 0.203 e. The highest BCUT2D eigenvalue weighted by Crippen LogP contribution is 2.42. The second-order valence-corrected chi connectivity index (χ2v) is 6.66. The zero-order valence-corrected chi connectivity index (χ0v) is 16.6. The summed E-state index contributed by atoms with van der Waals surface area (Å²) in [6.45, 7) is 0. The van der Waals surface area contributed by atoms with E-state index in [0.29, 0.717) is 17.2 Å². The number of ether oxygens (including phenoxy) is 4. The monoisotopic (exact) mass is 389 g/mol. The van der Waals surface area contributed by atoms with Gasteiger partial charge in [-0.15, -0.1) is 12.6 Å². The highest BCUT2D eigenvalue weighted by molar-refractivity contribution is 7.80. The molecule has 2 aromatic carbocycles. The lowest BCUT2D eigenvalue weighted by atomic mass is 10.1. The molecule has 26 heavy (non-hydrogen) atoms. The van der Waals surface area contributed by atoms with Crippen molar-refractivity contribution in [1.82, 2.24) is 4.37 Å². The number of aromatic nitrogens is 1. The fraction of sp³-hybridized carbons (Fsp3) is 0.211. The minimum atomic E-state index is 0.568. The summed E-state index contributed by atoms with van der Waals surface area (Å²) in [5, 5.41) is 0. The van der Waals surface area contributed by atoms with Crippen molar-refractivity contribution in [3.05, 3.63) is 36.4 Å². The van der Waals surface area contributed by atoms with Crippen molar-refractivity contribution in [1.29, 1.82) is 0 Å². The van der Waals surface area contributed by atoms with Gasteiger partial charge in [-0.05, 0) is 47.9 Å². The van der Waals surface area contributed by atoms with E-state index in [1.165, 1.54) is 11.5 Å². The fourth-order valence-electron chi connectivity index (χ4n) is 2.62. The van der Waals surface area contributed by atoms with E-state index in [4.69, 9.17) is 18.9 Å². The van der Waals surface area contributed by atoms with Gasteiger partial charge >= 0.3 is 0 Å². The zero-order chi connectivity index (χ0) is 18.7. The van der Waals surface area contributed by atoms with E-state index in [0.717, 1.165) is 32.3 Å². The minimum absolute atomic E-state index is 0.568. The van der Waals surface area contributed by atoms with Crippen molar-refractivity contribution in [2.24, 2.45) is 0 Å². The minimum Gasteiger partial charge on any atom is -0.496 e. The smallest absolute Gasteiger partial charge is 0.203 e. The Kier molecular flexibility index (Phi) is 5.58. The summed E-state index contributed by atoms with van der Waals surface area (Å²) in [6, 6.07) is 11.6. The van der Waals surface area contributed by atoms with E-state index in [1.807, 2.05) is 36.4 Å². The first kappa shape index (κ1) is 18.4. The highest BCUT2D eigenvalue weighted by atomic mass is 32.1. The Bertz CT molecular complexity index is 899. The molecule has 0 amide bonds. The predicted octanol–water partition coefficient (Wildman–Crippen LogP) is 4.80. The summed E-state index contributed by atoms with van der Waals surface area (Å²) in [7, 11) is 6.42. The van der Waals surface area contributed by atoms with Crippen molar-refractivity contribution in [3.8, 4) is 44.7 Å². The molecule has 1 aromatic heterocycles. The Labute approximate surface area is 162 Å².